The number of benzene rings is 1. The fourth-order valence-corrected chi connectivity index (χ4v) is 3.31. The predicted molar refractivity (Wildman–Crippen MR) is 118 cm³/mol. The molecule has 174 valence electrons. The van der Waals surface area contributed by atoms with Gasteiger partial charge in [0.25, 0.3) is 5.91 Å². The van der Waals surface area contributed by atoms with Crippen molar-refractivity contribution in [2.45, 2.75) is 6.18 Å². The molecule has 10 nitrogen and oxygen atoms in total. The number of amides is 3. The average molecular weight is 470 g/mol. The molecule has 0 bridgehead atoms. The van der Waals surface area contributed by atoms with Gasteiger partial charge in [0.1, 0.15) is 17.7 Å². The highest BCUT2D eigenvalue weighted by molar-refractivity contribution is 6.07. The van der Waals surface area contributed by atoms with Gasteiger partial charge in [-0.15, -0.1) is 0 Å². The number of carbonyl (C=O) groups is 2. The Balaban J connectivity index is 1.57. The molecule has 0 unspecified atom stereocenters. The number of aromatic nitrogens is 4. The molecule has 13 heteroatoms. The molecule has 0 aliphatic rings. The van der Waals surface area contributed by atoms with E-state index in [9.17, 15) is 22.8 Å². The lowest BCUT2D eigenvalue weighted by atomic mass is 10.0. The maximum Gasteiger partial charge on any atom is 0.416 e. The standard InChI is InChI=1S/C21H17F3N8O2/c1-26-19(33)14-9-32-17(18(25)28-10-29-32)16(14)11-2-4-13(5-3-11)30-20(34)31-15-8-12(6-7-27-15)21(22,23)24/h2-10H,1H3,(H,26,33)(H2,25,28,29)(H2,27,30,31,34). The topological polar surface area (TPSA) is 139 Å². The molecule has 0 fully saturated rings. The first-order valence-electron chi connectivity index (χ1n) is 9.73. The number of nitrogens with one attached hydrogen (secondary N) is 3. The number of rotatable bonds is 4. The minimum absolute atomic E-state index is 0.176. The average Bonchev–Trinajstić information content (AvgIpc) is 3.19. The van der Waals surface area contributed by atoms with Crippen LogP contribution in [0.15, 0.2) is 55.1 Å². The molecule has 4 rings (SSSR count). The van der Waals surface area contributed by atoms with E-state index < -0.39 is 17.8 Å². The maximum atomic E-state index is 12.8. The van der Waals surface area contributed by atoms with Crippen LogP contribution in [0.1, 0.15) is 15.9 Å². The quantitative estimate of drug-likeness (QED) is 0.361. The number of halogens is 3. The lowest BCUT2D eigenvalue weighted by Crippen LogP contribution is -2.20. The number of pyridine rings is 1. The van der Waals surface area contributed by atoms with Crippen LogP contribution in [0.2, 0.25) is 0 Å². The smallest absolute Gasteiger partial charge is 0.382 e. The number of nitrogens with two attached hydrogens (primary N) is 1. The highest BCUT2D eigenvalue weighted by Crippen LogP contribution is 2.33. The van der Waals surface area contributed by atoms with Gasteiger partial charge in [-0.05, 0) is 29.8 Å². The summed E-state index contributed by atoms with van der Waals surface area (Å²) in [5, 5.41) is 11.4. The van der Waals surface area contributed by atoms with Crippen molar-refractivity contribution in [2.75, 3.05) is 23.4 Å². The number of nitrogens with zero attached hydrogens (tertiary/aromatic N) is 4. The Morgan fingerprint density at radius 1 is 1.06 bits per heavy atom. The number of fused-ring (bicyclic) bond motifs is 1. The summed E-state index contributed by atoms with van der Waals surface area (Å²) in [4.78, 5) is 32.3. The van der Waals surface area contributed by atoms with Crippen LogP contribution in [0.4, 0.5) is 35.3 Å². The number of carbonyl (C=O) groups excluding carboxylic acids is 2. The van der Waals surface area contributed by atoms with Crippen molar-refractivity contribution in [3.8, 4) is 11.1 Å². The molecule has 0 radical (unpaired) electrons. The molecule has 1 aromatic carbocycles. The summed E-state index contributed by atoms with van der Waals surface area (Å²) < 4.78 is 39.9. The summed E-state index contributed by atoms with van der Waals surface area (Å²) in [6, 6.07) is 7.17. The first kappa shape index (κ1) is 22.5. The second-order valence-corrected chi connectivity index (χ2v) is 7.02. The normalized spacial score (nSPS) is 11.3. The molecular formula is C21H17F3N8O2. The van der Waals surface area contributed by atoms with Crippen LogP contribution < -0.4 is 21.7 Å². The third-order valence-electron chi connectivity index (χ3n) is 4.83. The van der Waals surface area contributed by atoms with Crippen molar-refractivity contribution in [1.29, 1.82) is 0 Å². The summed E-state index contributed by atoms with van der Waals surface area (Å²) in [6.07, 6.45) is -0.806. The molecule has 3 amide bonds. The lowest BCUT2D eigenvalue weighted by molar-refractivity contribution is -0.137. The Morgan fingerprint density at radius 3 is 2.47 bits per heavy atom. The highest BCUT2D eigenvalue weighted by atomic mass is 19.4. The fraction of sp³-hybridized carbons (Fsp3) is 0.0952. The third kappa shape index (κ3) is 4.44. The molecule has 0 aliphatic carbocycles. The largest absolute Gasteiger partial charge is 0.416 e. The number of alkyl halides is 3. The van der Waals surface area contributed by atoms with Gasteiger partial charge in [-0.25, -0.2) is 19.3 Å². The molecule has 0 saturated carbocycles. The summed E-state index contributed by atoms with van der Waals surface area (Å²) in [6.45, 7) is 0. The van der Waals surface area contributed by atoms with Gasteiger partial charge in [-0.1, -0.05) is 12.1 Å². The summed E-state index contributed by atoms with van der Waals surface area (Å²) in [7, 11) is 1.49. The number of nitrogen functional groups attached to an aromatic ring is 1. The van der Waals surface area contributed by atoms with Crippen molar-refractivity contribution in [2.24, 2.45) is 0 Å². The Labute approximate surface area is 190 Å². The molecule has 3 heterocycles. The van der Waals surface area contributed by atoms with Gasteiger partial charge in [0.2, 0.25) is 0 Å². The van der Waals surface area contributed by atoms with E-state index in [-0.39, 0.29) is 17.5 Å². The maximum absolute atomic E-state index is 12.8. The third-order valence-corrected chi connectivity index (χ3v) is 4.83. The van der Waals surface area contributed by atoms with Gasteiger partial charge in [0, 0.05) is 30.7 Å². The zero-order chi connectivity index (χ0) is 24.5. The molecule has 0 saturated heterocycles. The zero-order valence-corrected chi connectivity index (χ0v) is 17.5. The first-order valence-corrected chi connectivity index (χ1v) is 9.73. The zero-order valence-electron chi connectivity index (χ0n) is 17.5. The van der Waals surface area contributed by atoms with Crippen molar-refractivity contribution >= 4 is 34.8 Å². The van der Waals surface area contributed by atoms with E-state index in [0.717, 1.165) is 18.3 Å². The monoisotopic (exact) mass is 470 g/mol. The molecule has 5 N–H and O–H groups in total. The Bertz CT molecular complexity index is 1380. The van der Waals surface area contributed by atoms with Crippen molar-refractivity contribution in [3.05, 3.63) is 66.2 Å². The van der Waals surface area contributed by atoms with E-state index in [4.69, 9.17) is 5.73 Å². The van der Waals surface area contributed by atoms with Gasteiger partial charge < -0.3 is 16.4 Å². The highest BCUT2D eigenvalue weighted by Gasteiger charge is 2.30. The molecule has 0 spiro atoms. The summed E-state index contributed by atoms with van der Waals surface area (Å²) >= 11 is 0. The SMILES string of the molecule is CNC(=O)c1cn2ncnc(N)c2c1-c1ccc(NC(=O)Nc2cc(C(F)(F)F)ccn2)cc1. The van der Waals surface area contributed by atoms with E-state index in [2.05, 4.69) is 31.0 Å². The van der Waals surface area contributed by atoms with Gasteiger partial charge in [-0.3, -0.25) is 10.1 Å². The Morgan fingerprint density at radius 2 is 1.79 bits per heavy atom. The summed E-state index contributed by atoms with van der Waals surface area (Å²) in [5.41, 5.74) is 7.30. The lowest BCUT2D eigenvalue weighted by Gasteiger charge is -2.11. The number of anilines is 3. The number of urea groups is 1. The van der Waals surface area contributed by atoms with E-state index >= 15 is 0 Å². The van der Waals surface area contributed by atoms with E-state index in [1.807, 2.05) is 0 Å². The second kappa shape index (κ2) is 8.69. The number of hydrogen-bond donors (Lipinski definition) is 4. The minimum Gasteiger partial charge on any atom is -0.382 e. The summed E-state index contributed by atoms with van der Waals surface area (Å²) in [5.74, 6) is -0.430. The van der Waals surface area contributed by atoms with Gasteiger partial charge in [0.15, 0.2) is 5.82 Å². The molecular weight excluding hydrogens is 453 g/mol. The van der Waals surface area contributed by atoms with Crippen LogP contribution in [0.25, 0.3) is 16.6 Å². The first-order chi connectivity index (χ1) is 16.2. The van der Waals surface area contributed by atoms with Crippen molar-refractivity contribution in [1.82, 2.24) is 24.9 Å². The molecule has 4 aromatic rings. The number of hydrogen-bond acceptors (Lipinski definition) is 6. The van der Waals surface area contributed by atoms with Crippen molar-refractivity contribution in [3.63, 3.8) is 0 Å². The van der Waals surface area contributed by atoms with Crippen LogP contribution in [-0.2, 0) is 6.18 Å². The van der Waals surface area contributed by atoms with Crippen molar-refractivity contribution < 1.29 is 22.8 Å². The Kier molecular flexibility index (Phi) is 5.75. The van der Waals surface area contributed by atoms with E-state index in [1.165, 1.54) is 24.1 Å². The predicted octanol–water partition coefficient (Wildman–Crippen LogP) is 3.40. The van der Waals surface area contributed by atoms with Crippen LogP contribution in [0.5, 0.6) is 0 Å². The van der Waals surface area contributed by atoms with Crippen LogP contribution in [0, 0.1) is 0 Å². The molecule has 3 aromatic heterocycles. The van der Waals surface area contributed by atoms with Gasteiger partial charge >= 0.3 is 12.2 Å². The van der Waals surface area contributed by atoms with Gasteiger partial charge in [-0.2, -0.15) is 18.3 Å². The van der Waals surface area contributed by atoms with Crippen LogP contribution in [-0.4, -0.2) is 38.6 Å². The van der Waals surface area contributed by atoms with Gasteiger partial charge in [0.05, 0.1) is 11.1 Å². The Hall–Kier alpha value is -4.68. The molecule has 0 atom stereocenters. The van der Waals surface area contributed by atoms with Crippen LogP contribution >= 0.6 is 0 Å². The second-order valence-electron chi connectivity index (χ2n) is 7.02. The van der Waals surface area contributed by atoms with E-state index in [0.29, 0.717) is 27.9 Å². The van der Waals surface area contributed by atoms with E-state index in [1.54, 1.807) is 24.3 Å². The fourth-order valence-electron chi connectivity index (χ4n) is 3.31. The molecule has 0 aliphatic heterocycles. The molecule has 34 heavy (non-hydrogen) atoms. The minimum atomic E-state index is -4.56. The van der Waals surface area contributed by atoms with Crippen LogP contribution in [0.3, 0.4) is 0 Å².